The Bertz CT molecular complexity index is 1760. The second-order valence-corrected chi connectivity index (χ2v) is 12.0. The van der Waals surface area contributed by atoms with Gasteiger partial charge in [-0.05, 0) is 65.7 Å². The number of hydrogen-bond donors (Lipinski definition) is 2. The van der Waals surface area contributed by atoms with E-state index >= 15 is 0 Å². The van der Waals surface area contributed by atoms with Crippen LogP contribution in [0.25, 0.3) is 16.6 Å². The molecule has 0 saturated carbocycles. The zero-order chi connectivity index (χ0) is 28.1. The molecule has 0 aliphatic heterocycles. The standard InChI is InChI=1S/C29H27ClFN5O3S/c1-40(37,38)12-10-32-16-21-9-11-36(17-21)24-6-7-27-25(15-24)29(34-19-33-27)35-23-5-8-28(26(30)14-23)39-18-20-3-2-4-22(31)13-20/h2-9,11,13-15,17,19,32H,10,12,16,18H2,1H3,(H,33,34,35). The smallest absolute Gasteiger partial charge is 0.148 e. The molecule has 0 unspecified atom stereocenters. The SMILES string of the molecule is CS(=O)(=O)CCNCc1ccn(-c2ccc3ncnc(Nc4ccc(OCc5cccc(F)c5)c(Cl)c4)c3c2)c1. The van der Waals surface area contributed by atoms with Crippen LogP contribution in [0.2, 0.25) is 5.02 Å². The number of nitrogens with one attached hydrogen (secondary N) is 2. The van der Waals surface area contributed by atoms with Crippen molar-refractivity contribution in [3.63, 3.8) is 0 Å². The second kappa shape index (κ2) is 12.0. The van der Waals surface area contributed by atoms with Crippen LogP contribution in [0.1, 0.15) is 11.1 Å². The summed E-state index contributed by atoms with van der Waals surface area (Å²) in [5, 5.41) is 7.71. The second-order valence-electron chi connectivity index (χ2n) is 9.35. The van der Waals surface area contributed by atoms with Crippen LogP contribution in [0.4, 0.5) is 15.9 Å². The number of sulfone groups is 1. The average molecular weight is 580 g/mol. The van der Waals surface area contributed by atoms with Crippen LogP contribution in [0, 0.1) is 5.82 Å². The molecule has 0 atom stereocenters. The third-order valence-corrected chi connectivity index (χ3v) is 7.37. The lowest BCUT2D eigenvalue weighted by molar-refractivity contribution is 0.306. The normalized spacial score (nSPS) is 11.6. The van der Waals surface area contributed by atoms with Crippen LogP contribution < -0.4 is 15.4 Å². The number of rotatable bonds is 11. The predicted octanol–water partition coefficient (Wildman–Crippen LogP) is 5.67. The Balaban J connectivity index is 1.29. The van der Waals surface area contributed by atoms with Crippen molar-refractivity contribution in [3.8, 4) is 11.4 Å². The topological polar surface area (TPSA) is 98.1 Å². The van der Waals surface area contributed by atoms with E-state index in [0.717, 1.165) is 27.8 Å². The zero-order valence-corrected chi connectivity index (χ0v) is 23.2. The van der Waals surface area contributed by atoms with E-state index in [1.54, 1.807) is 24.3 Å². The Morgan fingerprint density at radius 1 is 1.02 bits per heavy atom. The van der Waals surface area contributed by atoms with E-state index in [-0.39, 0.29) is 18.2 Å². The lowest BCUT2D eigenvalue weighted by Crippen LogP contribution is -2.21. The van der Waals surface area contributed by atoms with Gasteiger partial charge in [-0.3, -0.25) is 0 Å². The Labute approximate surface area is 236 Å². The summed E-state index contributed by atoms with van der Waals surface area (Å²) in [4.78, 5) is 8.84. The molecule has 0 radical (unpaired) electrons. The van der Waals surface area contributed by atoms with Crippen LogP contribution in [0.3, 0.4) is 0 Å². The quantitative estimate of drug-likeness (QED) is 0.195. The molecule has 3 aromatic carbocycles. The molecular weight excluding hydrogens is 553 g/mol. The van der Waals surface area contributed by atoms with Gasteiger partial charge >= 0.3 is 0 Å². The molecule has 0 fully saturated rings. The molecule has 0 saturated heterocycles. The van der Waals surface area contributed by atoms with Crippen molar-refractivity contribution in [2.45, 2.75) is 13.2 Å². The van der Waals surface area contributed by atoms with Gasteiger partial charge in [0.1, 0.15) is 40.2 Å². The van der Waals surface area contributed by atoms with Crippen LogP contribution >= 0.6 is 11.6 Å². The van der Waals surface area contributed by atoms with E-state index < -0.39 is 9.84 Å². The van der Waals surface area contributed by atoms with Gasteiger partial charge in [-0.15, -0.1) is 0 Å². The summed E-state index contributed by atoms with van der Waals surface area (Å²) < 4.78 is 43.8. The van der Waals surface area contributed by atoms with Crippen molar-refractivity contribution >= 4 is 43.8 Å². The highest BCUT2D eigenvalue weighted by Gasteiger charge is 2.10. The highest BCUT2D eigenvalue weighted by Crippen LogP contribution is 2.31. The number of ether oxygens (including phenoxy) is 1. The third-order valence-electron chi connectivity index (χ3n) is 6.13. The molecule has 5 aromatic rings. The lowest BCUT2D eigenvalue weighted by atomic mass is 10.2. The lowest BCUT2D eigenvalue weighted by Gasteiger charge is -2.13. The van der Waals surface area contributed by atoms with Gasteiger partial charge in [0.05, 0.1) is 16.3 Å². The van der Waals surface area contributed by atoms with Gasteiger partial charge in [-0.2, -0.15) is 0 Å². The average Bonchev–Trinajstić information content (AvgIpc) is 3.39. The number of hydrogen-bond acceptors (Lipinski definition) is 7. The Kier molecular flexibility index (Phi) is 8.29. The first-order chi connectivity index (χ1) is 19.2. The zero-order valence-electron chi connectivity index (χ0n) is 21.6. The molecule has 0 bridgehead atoms. The molecule has 5 rings (SSSR count). The summed E-state index contributed by atoms with van der Waals surface area (Å²) >= 11 is 6.48. The van der Waals surface area contributed by atoms with E-state index in [1.165, 1.54) is 24.7 Å². The number of halogens is 2. The van der Waals surface area contributed by atoms with Crippen molar-refractivity contribution < 1.29 is 17.5 Å². The maximum atomic E-state index is 13.4. The van der Waals surface area contributed by atoms with Crippen LogP contribution in [-0.2, 0) is 23.0 Å². The maximum Gasteiger partial charge on any atom is 0.148 e. The molecule has 206 valence electrons. The Morgan fingerprint density at radius 2 is 1.90 bits per heavy atom. The molecule has 0 amide bonds. The Morgan fingerprint density at radius 3 is 2.70 bits per heavy atom. The predicted molar refractivity (Wildman–Crippen MR) is 156 cm³/mol. The first kappa shape index (κ1) is 27.6. The number of aromatic nitrogens is 3. The summed E-state index contributed by atoms with van der Waals surface area (Å²) in [5.41, 5.74) is 4.16. The fraction of sp³-hybridized carbons (Fsp3) is 0.172. The number of benzene rings is 3. The molecule has 2 N–H and O–H groups in total. The first-order valence-corrected chi connectivity index (χ1v) is 14.9. The summed E-state index contributed by atoms with van der Waals surface area (Å²) in [5.74, 6) is 0.888. The highest BCUT2D eigenvalue weighted by atomic mass is 35.5. The maximum absolute atomic E-state index is 13.4. The number of fused-ring (bicyclic) bond motifs is 1. The fourth-order valence-corrected chi connectivity index (χ4v) is 4.87. The van der Waals surface area contributed by atoms with E-state index in [0.29, 0.717) is 35.2 Å². The van der Waals surface area contributed by atoms with Gasteiger partial charge in [-0.25, -0.2) is 22.8 Å². The van der Waals surface area contributed by atoms with E-state index in [1.807, 2.05) is 47.3 Å². The molecule has 0 aliphatic rings. The van der Waals surface area contributed by atoms with Crippen molar-refractivity contribution in [2.75, 3.05) is 23.9 Å². The van der Waals surface area contributed by atoms with E-state index in [2.05, 4.69) is 20.6 Å². The van der Waals surface area contributed by atoms with Gasteiger partial charge in [0.25, 0.3) is 0 Å². The molecule has 0 aliphatic carbocycles. The molecule has 2 aromatic heterocycles. The molecule has 40 heavy (non-hydrogen) atoms. The van der Waals surface area contributed by atoms with Crippen LogP contribution in [0.15, 0.2) is 85.5 Å². The minimum Gasteiger partial charge on any atom is -0.487 e. The molecule has 0 spiro atoms. The summed E-state index contributed by atoms with van der Waals surface area (Å²) in [6.07, 6.45) is 6.67. The van der Waals surface area contributed by atoms with Gasteiger partial charge in [0.15, 0.2) is 0 Å². The van der Waals surface area contributed by atoms with Crippen molar-refractivity contribution in [2.24, 2.45) is 0 Å². The van der Waals surface area contributed by atoms with Gasteiger partial charge in [-0.1, -0.05) is 23.7 Å². The van der Waals surface area contributed by atoms with Crippen LogP contribution in [-0.4, -0.2) is 41.5 Å². The van der Waals surface area contributed by atoms with Crippen LogP contribution in [0.5, 0.6) is 5.75 Å². The highest BCUT2D eigenvalue weighted by molar-refractivity contribution is 7.90. The van der Waals surface area contributed by atoms with Crippen molar-refractivity contribution in [3.05, 3.63) is 107 Å². The molecule has 2 heterocycles. The van der Waals surface area contributed by atoms with E-state index in [4.69, 9.17) is 16.3 Å². The molecule has 11 heteroatoms. The van der Waals surface area contributed by atoms with E-state index in [9.17, 15) is 12.8 Å². The largest absolute Gasteiger partial charge is 0.487 e. The minimum absolute atomic E-state index is 0.101. The Hall–Kier alpha value is -3.99. The monoisotopic (exact) mass is 579 g/mol. The third kappa shape index (κ3) is 7.15. The first-order valence-electron chi connectivity index (χ1n) is 12.5. The van der Waals surface area contributed by atoms with Crippen molar-refractivity contribution in [1.29, 1.82) is 0 Å². The summed E-state index contributed by atoms with van der Waals surface area (Å²) in [6, 6.07) is 19.4. The number of nitrogens with zero attached hydrogens (tertiary/aromatic N) is 3. The van der Waals surface area contributed by atoms with Gasteiger partial charge < -0.3 is 19.9 Å². The summed E-state index contributed by atoms with van der Waals surface area (Å²) in [7, 11) is -2.99. The van der Waals surface area contributed by atoms with Gasteiger partial charge in [0.2, 0.25) is 0 Å². The number of anilines is 2. The van der Waals surface area contributed by atoms with Crippen molar-refractivity contribution in [1.82, 2.24) is 19.9 Å². The fourth-order valence-electron chi connectivity index (χ4n) is 4.12. The molecular formula is C29H27ClFN5O3S. The minimum atomic E-state index is -2.99. The van der Waals surface area contributed by atoms with Gasteiger partial charge in [0, 0.05) is 48.5 Å². The summed E-state index contributed by atoms with van der Waals surface area (Å²) in [6.45, 7) is 1.16. The molecule has 8 nitrogen and oxygen atoms in total.